The van der Waals surface area contributed by atoms with Crippen LogP contribution in [0.3, 0.4) is 0 Å². The molecule has 0 aromatic heterocycles. The fraction of sp³-hybridized carbons (Fsp3) is 1.00. The topological polar surface area (TPSA) is 348 Å². The first kappa shape index (κ1) is 37.0. The first-order valence-corrected chi connectivity index (χ1v) is 14.1. The second-order valence-corrected chi connectivity index (χ2v) is 11.2. The molecule has 0 bridgehead atoms. The van der Waals surface area contributed by atoms with Crippen LogP contribution in [-0.2, 0) is 33.2 Å². The van der Waals surface area contributed by atoms with Gasteiger partial charge in [-0.05, 0) is 0 Å². The average molecular weight is 667 g/mol. The average Bonchev–Trinajstić information content (AvgIpc) is 3.03. The zero-order valence-electron chi connectivity index (χ0n) is 23.5. The molecule has 14 N–H and O–H groups in total. The van der Waals surface area contributed by atoms with E-state index in [1.165, 1.54) is 0 Å². The van der Waals surface area contributed by atoms with E-state index < -0.39 is 149 Å². The number of ether oxygens (including phenoxy) is 7. The summed E-state index contributed by atoms with van der Waals surface area (Å²) in [6.45, 7) is -2.99. The van der Waals surface area contributed by atoms with Gasteiger partial charge in [0, 0.05) is 0 Å². The normalized spacial score (nSPS) is 52.9. The van der Waals surface area contributed by atoms with Crippen LogP contribution >= 0.6 is 0 Å². The highest BCUT2D eigenvalue weighted by Crippen LogP contribution is 2.31. The van der Waals surface area contributed by atoms with Gasteiger partial charge in [0.2, 0.25) is 0 Å². The van der Waals surface area contributed by atoms with Crippen molar-refractivity contribution in [2.75, 3.05) is 26.4 Å². The monoisotopic (exact) mass is 666 g/mol. The zero-order valence-corrected chi connectivity index (χ0v) is 23.5. The Morgan fingerprint density at radius 3 is 1.33 bits per heavy atom. The molecule has 0 aromatic carbocycles. The van der Waals surface area contributed by atoms with E-state index in [0.717, 1.165) is 0 Å². The minimum atomic E-state index is -1.98. The summed E-state index contributed by atoms with van der Waals surface area (Å²) in [7, 11) is 0. The lowest BCUT2D eigenvalue weighted by atomic mass is 9.97. The number of aliphatic hydroxyl groups is 14. The smallest absolute Gasteiger partial charge is 0.187 e. The van der Waals surface area contributed by atoms with Crippen LogP contribution in [0, 0.1) is 0 Å². The van der Waals surface area contributed by atoms with Gasteiger partial charge >= 0.3 is 0 Å². The molecular weight excluding hydrogens is 624 g/mol. The summed E-state index contributed by atoms with van der Waals surface area (Å²) in [5.41, 5.74) is 0. The Kier molecular flexibility index (Phi) is 12.8. The van der Waals surface area contributed by atoms with Gasteiger partial charge in [0.05, 0.1) is 26.4 Å². The molecule has 4 aliphatic heterocycles. The van der Waals surface area contributed by atoms with Gasteiger partial charge in [0.25, 0.3) is 0 Å². The Labute approximate surface area is 254 Å². The van der Waals surface area contributed by atoms with Crippen molar-refractivity contribution < 1.29 is 105 Å². The minimum Gasteiger partial charge on any atom is -0.394 e. The Morgan fingerprint density at radius 1 is 0.378 bits per heavy atom. The molecule has 0 unspecified atom stereocenters. The summed E-state index contributed by atoms with van der Waals surface area (Å²) in [5.74, 6) is 0. The van der Waals surface area contributed by atoms with Crippen molar-refractivity contribution in [3.05, 3.63) is 0 Å². The molecular formula is C24H42O21. The van der Waals surface area contributed by atoms with Crippen molar-refractivity contribution in [3.63, 3.8) is 0 Å². The van der Waals surface area contributed by atoms with Gasteiger partial charge in [-0.1, -0.05) is 0 Å². The largest absolute Gasteiger partial charge is 0.394 e. The second kappa shape index (κ2) is 15.6. The van der Waals surface area contributed by atoms with Gasteiger partial charge in [0.1, 0.15) is 97.7 Å². The molecule has 21 nitrogen and oxygen atoms in total. The number of aliphatic hydroxyl groups excluding tert-OH is 14. The molecule has 0 aromatic rings. The molecule has 0 radical (unpaired) electrons. The van der Waals surface area contributed by atoms with Crippen LogP contribution in [0.4, 0.5) is 0 Å². The van der Waals surface area contributed by atoms with E-state index in [-0.39, 0.29) is 0 Å². The summed E-state index contributed by atoms with van der Waals surface area (Å²) in [4.78, 5) is 0. The maximum absolute atomic E-state index is 11.0. The van der Waals surface area contributed by atoms with E-state index in [9.17, 15) is 71.5 Å². The Balaban J connectivity index is 1.50. The van der Waals surface area contributed by atoms with E-state index in [0.29, 0.717) is 0 Å². The number of hydrogen-bond donors (Lipinski definition) is 14. The van der Waals surface area contributed by atoms with Crippen molar-refractivity contribution >= 4 is 0 Å². The summed E-state index contributed by atoms with van der Waals surface area (Å²) < 4.78 is 37.9. The van der Waals surface area contributed by atoms with Gasteiger partial charge < -0.3 is 105 Å². The fourth-order valence-electron chi connectivity index (χ4n) is 5.31. The highest BCUT2D eigenvalue weighted by atomic mass is 16.8. The lowest BCUT2D eigenvalue weighted by molar-refractivity contribution is -0.376. The predicted molar refractivity (Wildman–Crippen MR) is 134 cm³/mol. The third-order valence-corrected chi connectivity index (χ3v) is 8.17. The Bertz CT molecular complexity index is 912. The van der Waals surface area contributed by atoms with Crippen LogP contribution in [0.15, 0.2) is 0 Å². The molecule has 0 amide bonds. The predicted octanol–water partition coefficient (Wildman–Crippen LogP) is -9.75. The molecule has 21 heteroatoms. The molecule has 4 saturated heterocycles. The quantitative estimate of drug-likeness (QED) is 0.103. The van der Waals surface area contributed by atoms with Gasteiger partial charge in [-0.3, -0.25) is 0 Å². The van der Waals surface area contributed by atoms with Gasteiger partial charge in [-0.15, -0.1) is 0 Å². The van der Waals surface area contributed by atoms with E-state index in [1.807, 2.05) is 0 Å². The maximum Gasteiger partial charge on any atom is 0.187 e. The summed E-state index contributed by atoms with van der Waals surface area (Å²) in [6, 6.07) is 0. The standard InChI is InChI=1S/C24H42O21/c25-1-5-9(27)14(32)18(36)22(42-5)39-4-8-12(30)16(34)20(45-23-19(37)15(33)10(28)6(2-26)43-23)24(44-8)40-3-7-11(29)13(31)17(35)21(38)41-7/h5-38H,1-4H2/t5-,6-,7-,8-,9+,10+,11+,12+,13+,14+,15+,16+,17-,18-,19-,20-,21-,22+,23-,24+/m1/s1. The maximum atomic E-state index is 11.0. The van der Waals surface area contributed by atoms with Crippen molar-refractivity contribution in [3.8, 4) is 0 Å². The van der Waals surface area contributed by atoms with Crippen LogP contribution in [0.1, 0.15) is 0 Å². The Hall–Kier alpha value is -0.840. The van der Waals surface area contributed by atoms with E-state index in [4.69, 9.17) is 33.2 Å². The second-order valence-electron chi connectivity index (χ2n) is 11.2. The van der Waals surface area contributed by atoms with Crippen molar-refractivity contribution in [1.29, 1.82) is 0 Å². The lowest BCUT2D eigenvalue weighted by Crippen LogP contribution is -2.65. The van der Waals surface area contributed by atoms with E-state index >= 15 is 0 Å². The molecule has 4 rings (SSSR count). The van der Waals surface area contributed by atoms with Crippen molar-refractivity contribution in [1.82, 2.24) is 0 Å². The van der Waals surface area contributed by atoms with Gasteiger partial charge in [0.15, 0.2) is 25.2 Å². The third-order valence-electron chi connectivity index (χ3n) is 8.17. The van der Waals surface area contributed by atoms with Crippen molar-refractivity contribution in [2.24, 2.45) is 0 Å². The van der Waals surface area contributed by atoms with Gasteiger partial charge in [-0.25, -0.2) is 0 Å². The van der Waals surface area contributed by atoms with Crippen molar-refractivity contribution in [2.45, 2.75) is 123 Å². The van der Waals surface area contributed by atoms with Crippen LogP contribution in [0.25, 0.3) is 0 Å². The molecule has 0 spiro atoms. The molecule has 4 fully saturated rings. The molecule has 264 valence electrons. The number of hydrogen-bond acceptors (Lipinski definition) is 21. The first-order valence-electron chi connectivity index (χ1n) is 14.1. The van der Waals surface area contributed by atoms with Crippen LogP contribution in [0.5, 0.6) is 0 Å². The highest BCUT2D eigenvalue weighted by Gasteiger charge is 2.53. The van der Waals surface area contributed by atoms with Crippen LogP contribution in [0.2, 0.25) is 0 Å². The molecule has 45 heavy (non-hydrogen) atoms. The Morgan fingerprint density at radius 2 is 0.778 bits per heavy atom. The highest BCUT2D eigenvalue weighted by molar-refractivity contribution is 4.95. The van der Waals surface area contributed by atoms with Crippen LogP contribution < -0.4 is 0 Å². The summed E-state index contributed by atoms with van der Waals surface area (Å²) in [6.07, 6.45) is -35.1. The molecule has 4 heterocycles. The molecule has 0 aliphatic carbocycles. The molecule has 4 aliphatic rings. The minimum absolute atomic E-state index is 0.695. The summed E-state index contributed by atoms with van der Waals surface area (Å²) >= 11 is 0. The fourth-order valence-corrected chi connectivity index (χ4v) is 5.31. The third kappa shape index (κ3) is 7.75. The van der Waals surface area contributed by atoms with Crippen LogP contribution in [-0.4, -0.2) is 221 Å². The lowest BCUT2D eigenvalue weighted by Gasteiger charge is -2.47. The molecule has 0 saturated carbocycles. The first-order chi connectivity index (χ1) is 21.2. The SMILES string of the molecule is OC[C@H]1O[C@H](OC[C@H]2O[C@H](OC[C@H]3O[C@@H](O)[C@H](O)[C@@H](O)[C@H]3O)[C@H](O[C@H]3O[C@H](CO)[C@H](O)[C@H](O)[C@H]3O)[C@@H](O)[C@H]2O)[C@H](O)[C@@H](O)[C@H]1O. The number of rotatable bonds is 10. The van der Waals surface area contributed by atoms with Gasteiger partial charge in [-0.2, -0.15) is 0 Å². The van der Waals surface area contributed by atoms with E-state index in [2.05, 4.69) is 0 Å². The van der Waals surface area contributed by atoms with E-state index in [1.54, 1.807) is 0 Å². The molecule has 20 atom stereocenters. The zero-order chi connectivity index (χ0) is 33.3. The summed E-state index contributed by atoms with van der Waals surface area (Å²) in [5, 5.41) is 141.